The van der Waals surface area contributed by atoms with Gasteiger partial charge in [0.25, 0.3) is 0 Å². The van der Waals surface area contributed by atoms with E-state index < -0.39 is 21.6 Å². The fourth-order valence-electron chi connectivity index (χ4n) is 4.48. The van der Waals surface area contributed by atoms with E-state index in [0.29, 0.717) is 25.1 Å². The number of benzene rings is 2. The lowest BCUT2D eigenvalue weighted by molar-refractivity contribution is -0.142. The fourth-order valence-corrected chi connectivity index (χ4v) is 5.43. The number of carbonyl (C=O) groups excluding carboxylic acids is 2. The summed E-state index contributed by atoms with van der Waals surface area (Å²) < 4.78 is 26.5. The Balaban J connectivity index is 2.27. The SMILES string of the molecule is CC[C@@H](C(=O)NC(C)(C)C)N(Cc1cccc(C)c1)C(=O)CCCN(c1cc(C)cc(C)c1)S(C)(=O)=O. The predicted octanol–water partition coefficient (Wildman–Crippen LogP) is 4.88. The smallest absolute Gasteiger partial charge is 0.243 e. The van der Waals surface area contributed by atoms with Gasteiger partial charge in [0.05, 0.1) is 11.9 Å². The molecule has 204 valence electrons. The van der Waals surface area contributed by atoms with Crippen molar-refractivity contribution < 1.29 is 18.0 Å². The molecule has 1 atom stereocenters. The molecule has 0 unspecified atom stereocenters. The molecule has 2 aromatic carbocycles. The second kappa shape index (κ2) is 12.6. The summed E-state index contributed by atoms with van der Waals surface area (Å²) in [5, 5.41) is 3.01. The molecule has 8 heteroatoms. The molecule has 0 bridgehead atoms. The molecule has 0 heterocycles. The predicted molar refractivity (Wildman–Crippen MR) is 151 cm³/mol. The maximum absolute atomic E-state index is 13.6. The van der Waals surface area contributed by atoms with E-state index in [4.69, 9.17) is 0 Å². The van der Waals surface area contributed by atoms with Crippen LogP contribution < -0.4 is 9.62 Å². The molecule has 0 fully saturated rings. The Morgan fingerprint density at radius 3 is 2.11 bits per heavy atom. The first kappa shape index (κ1) is 30.4. The maximum atomic E-state index is 13.6. The van der Waals surface area contributed by atoms with E-state index >= 15 is 0 Å². The molecule has 2 rings (SSSR count). The lowest BCUT2D eigenvalue weighted by Gasteiger charge is -2.33. The van der Waals surface area contributed by atoms with E-state index in [2.05, 4.69) is 5.32 Å². The summed E-state index contributed by atoms with van der Waals surface area (Å²) in [4.78, 5) is 28.4. The van der Waals surface area contributed by atoms with Crippen LogP contribution in [0, 0.1) is 20.8 Å². The summed E-state index contributed by atoms with van der Waals surface area (Å²) in [6, 6.07) is 12.9. The van der Waals surface area contributed by atoms with Gasteiger partial charge in [0.1, 0.15) is 6.04 Å². The van der Waals surface area contributed by atoms with Gasteiger partial charge in [-0.3, -0.25) is 13.9 Å². The Labute approximate surface area is 223 Å². The van der Waals surface area contributed by atoms with Crippen LogP contribution in [0.1, 0.15) is 69.2 Å². The topological polar surface area (TPSA) is 86.8 Å². The highest BCUT2D eigenvalue weighted by Crippen LogP contribution is 2.23. The first-order valence-corrected chi connectivity index (χ1v) is 14.7. The highest BCUT2D eigenvalue weighted by Gasteiger charge is 2.30. The van der Waals surface area contributed by atoms with E-state index in [1.165, 1.54) is 10.6 Å². The number of carbonyl (C=O) groups is 2. The summed E-state index contributed by atoms with van der Waals surface area (Å²) >= 11 is 0. The Kier molecular flexibility index (Phi) is 10.3. The second-order valence-electron chi connectivity index (χ2n) is 11.0. The molecule has 0 aromatic heterocycles. The quantitative estimate of drug-likeness (QED) is 0.449. The van der Waals surface area contributed by atoms with E-state index in [1.807, 2.05) is 90.9 Å². The maximum Gasteiger partial charge on any atom is 0.243 e. The number of nitrogens with zero attached hydrogens (tertiary/aromatic N) is 2. The summed E-state index contributed by atoms with van der Waals surface area (Å²) in [7, 11) is -3.53. The first-order valence-electron chi connectivity index (χ1n) is 12.8. The number of amides is 2. The second-order valence-corrected chi connectivity index (χ2v) is 12.9. The third kappa shape index (κ3) is 9.50. The molecule has 7 nitrogen and oxygen atoms in total. The molecule has 0 aliphatic carbocycles. The van der Waals surface area contributed by atoms with Crippen molar-refractivity contribution in [1.82, 2.24) is 10.2 Å². The Hall–Kier alpha value is -2.87. The Morgan fingerprint density at radius 2 is 1.59 bits per heavy atom. The molecule has 37 heavy (non-hydrogen) atoms. The number of aryl methyl sites for hydroxylation is 3. The number of nitrogens with one attached hydrogen (secondary N) is 1. The van der Waals surface area contributed by atoms with Gasteiger partial charge in [-0.05, 0) is 83.2 Å². The molecule has 0 saturated heterocycles. The lowest BCUT2D eigenvalue weighted by atomic mass is 10.0. The molecule has 0 saturated carbocycles. The Bertz CT molecular complexity index is 1180. The monoisotopic (exact) mass is 529 g/mol. The molecule has 2 aromatic rings. The normalized spacial score (nSPS) is 12.6. The van der Waals surface area contributed by atoms with Gasteiger partial charge in [0, 0.05) is 25.0 Å². The summed E-state index contributed by atoms with van der Waals surface area (Å²) in [6.07, 6.45) is 2.11. The minimum absolute atomic E-state index is 0.127. The highest BCUT2D eigenvalue weighted by molar-refractivity contribution is 7.92. The third-order valence-corrected chi connectivity index (χ3v) is 7.16. The zero-order valence-corrected chi connectivity index (χ0v) is 24.4. The van der Waals surface area contributed by atoms with Gasteiger partial charge in [-0.25, -0.2) is 8.42 Å². The van der Waals surface area contributed by atoms with E-state index in [-0.39, 0.29) is 24.8 Å². The number of hydrogen-bond donors (Lipinski definition) is 1. The van der Waals surface area contributed by atoms with Crippen LogP contribution >= 0.6 is 0 Å². The summed E-state index contributed by atoms with van der Waals surface area (Å²) in [5.41, 5.74) is 4.14. The van der Waals surface area contributed by atoms with Crippen molar-refractivity contribution in [1.29, 1.82) is 0 Å². The van der Waals surface area contributed by atoms with Gasteiger partial charge in [-0.1, -0.05) is 42.8 Å². The largest absolute Gasteiger partial charge is 0.350 e. The van der Waals surface area contributed by atoms with Crippen molar-refractivity contribution in [2.45, 2.75) is 85.9 Å². The van der Waals surface area contributed by atoms with Gasteiger partial charge in [-0.2, -0.15) is 0 Å². The highest BCUT2D eigenvalue weighted by atomic mass is 32.2. The lowest BCUT2D eigenvalue weighted by Crippen LogP contribution is -2.53. The number of anilines is 1. The van der Waals surface area contributed by atoms with E-state index in [9.17, 15) is 18.0 Å². The zero-order valence-electron chi connectivity index (χ0n) is 23.6. The third-order valence-electron chi connectivity index (χ3n) is 5.97. The summed E-state index contributed by atoms with van der Waals surface area (Å²) in [5.74, 6) is -0.365. The van der Waals surface area contributed by atoms with Crippen LogP contribution in [-0.2, 0) is 26.2 Å². The van der Waals surface area contributed by atoms with Crippen molar-refractivity contribution in [3.8, 4) is 0 Å². The standard InChI is InChI=1S/C29H43N3O4S/c1-9-26(28(34)30-29(5,6)7)31(20-24-13-10-12-21(2)17-24)27(33)14-11-15-32(37(8,35)36)25-18-22(3)16-23(4)19-25/h10,12-13,16-19,26H,9,11,14-15,20H2,1-8H3,(H,30,34)/t26-/m0/s1. The van der Waals surface area contributed by atoms with Gasteiger partial charge >= 0.3 is 0 Å². The minimum Gasteiger partial charge on any atom is -0.350 e. The van der Waals surface area contributed by atoms with Crippen LogP contribution in [0.25, 0.3) is 0 Å². The van der Waals surface area contributed by atoms with Gasteiger partial charge < -0.3 is 10.2 Å². The fraction of sp³-hybridized carbons (Fsp3) is 0.517. The number of sulfonamides is 1. The Morgan fingerprint density at radius 1 is 0.973 bits per heavy atom. The molecular weight excluding hydrogens is 486 g/mol. The molecule has 0 aliphatic rings. The van der Waals surface area contributed by atoms with Crippen LogP contribution in [0.4, 0.5) is 5.69 Å². The van der Waals surface area contributed by atoms with Crippen molar-refractivity contribution in [3.05, 3.63) is 64.7 Å². The van der Waals surface area contributed by atoms with Gasteiger partial charge in [0.2, 0.25) is 21.8 Å². The summed E-state index contributed by atoms with van der Waals surface area (Å²) in [6.45, 7) is 14.0. The van der Waals surface area contributed by atoms with Crippen LogP contribution in [-0.4, -0.2) is 49.5 Å². The van der Waals surface area contributed by atoms with E-state index in [0.717, 1.165) is 22.3 Å². The van der Waals surface area contributed by atoms with Crippen LogP contribution in [0.2, 0.25) is 0 Å². The van der Waals surface area contributed by atoms with Crippen molar-refractivity contribution in [2.24, 2.45) is 0 Å². The van der Waals surface area contributed by atoms with Crippen molar-refractivity contribution in [2.75, 3.05) is 17.1 Å². The van der Waals surface area contributed by atoms with Crippen LogP contribution in [0.3, 0.4) is 0 Å². The van der Waals surface area contributed by atoms with Crippen molar-refractivity contribution in [3.63, 3.8) is 0 Å². The first-order chi connectivity index (χ1) is 17.1. The molecule has 0 spiro atoms. The van der Waals surface area contributed by atoms with E-state index in [1.54, 1.807) is 4.90 Å². The average molecular weight is 530 g/mol. The molecular formula is C29H43N3O4S. The van der Waals surface area contributed by atoms with Crippen LogP contribution in [0.5, 0.6) is 0 Å². The average Bonchev–Trinajstić information content (AvgIpc) is 2.73. The number of hydrogen-bond acceptors (Lipinski definition) is 4. The zero-order chi connectivity index (χ0) is 28.0. The molecule has 0 aliphatic heterocycles. The molecule has 0 radical (unpaired) electrons. The molecule has 1 N–H and O–H groups in total. The number of rotatable bonds is 11. The van der Waals surface area contributed by atoms with Crippen molar-refractivity contribution >= 4 is 27.5 Å². The van der Waals surface area contributed by atoms with Crippen LogP contribution in [0.15, 0.2) is 42.5 Å². The van der Waals surface area contributed by atoms with Gasteiger partial charge in [0.15, 0.2) is 0 Å². The van der Waals surface area contributed by atoms with Gasteiger partial charge in [-0.15, -0.1) is 0 Å². The minimum atomic E-state index is -3.53. The molecule has 2 amide bonds.